The molecule has 0 fully saturated rings. The Kier molecular flexibility index (Phi) is 2.76. The van der Waals surface area contributed by atoms with Crippen LogP contribution in [0.15, 0.2) is 0 Å². The lowest BCUT2D eigenvalue weighted by Crippen LogP contribution is -2.13. The van der Waals surface area contributed by atoms with E-state index in [1.54, 1.807) is 0 Å². The molecule has 0 unspecified atom stereocenters. The first-order chi connectivity index (χ1) is 5.79. The quantitative estimate of drug-likeness (QED) is 0.580. The summed E-state index contributed by atoms with van der Waals surface area (Å²) >= 11 is 0. The van der Waals surface area contributed by atoms with Gasteiger partial charge in [-0.15, -0.1) is 10.2 Å². The molecule has 0 bridgehead atoms. The number of aromatic nitrogens is 3. The van der Waals surface area contributed by atoms with Gasteiger partial charge in [-0.3, -0.25) is 4.57 Å². The molecule has 12 heavy (non-hydrogen) atoms. The fraction of sp³-hybridized carbons (Fsp3) is 0.500. The number of nitrogens with zero attached hydrogens (tertiary/aromatic N) is 3. The third-order valence-electron chi connectivity index (χ3n) is 1.26. The molecule has 0 aromatic carbocycles. The van der Waals surface area contributed by atoms with E-state index in [9.17, 15) is 4.79 Å². The first kappa shape index (κ1) is 8.66. The van der Waals surface area contributed by atoms with Crippen LogP contribution in [0.3, 0.4) is 0 Å². The van der Waals surface area contributed by atoms with E-state index in [0.717, 1.165) is 0 Å². The van der Waals surface area contributed by atoms with Crippen LogP contribution in [0.5, 0.6) is 0 Å². The second kappa shape index (κ2) is 3.82. The second-order valence-corrected chi connectivity index (χ2v) is 1.99. The highest BCUT2D eigenvalue weighted by Gasteiger charge is 2.13. The van der Waals surface area contributed by atoms with Gasteiger partial charge < -0.3 is 9.84 Å². The van der Waals surface area contributed by atoms with Crippen molar-refractivity contribution in [2.45, 2.75) is 6.54 Å². The zero-order valence-electron chi connectivity index (χ0n) is 6.52. The van der Waals surface area contributed by atoms with Crippen molar-refractivity contribution >= 4 is 5.97 Å². The Balaban J connectivity index is 2.83. The third-order valence-corrected chi connectivity index (χ3v) is 1.26. The van der Waals surface area contributed by atoms with Crippen molar-refractivity contribution in [2.24, 2.45) is 0 Å². The highest BCUT2D eigenvalue weighted by molar-refractivity contribution is 5.85. The van der Waals surface area contributed by atoms with E-state index >= 15 is 0 Å². The van der Waals surface area contributed by atoms with E-state index in [-0.39, 0.29) is 19.0 Å². The Morgan fingerprint density at radius 3 is 3.17 bits per heavy atom. The van der Waals surface area contributed by atoms with Crippen molar-refractivity contribution in [2.75, 3.05) is 13.7 Å². The number of hydrogen-bond acceptors (Lipinski definition) is 5. The monoisotopic (exact) mass is 170 g/mol. The summed E-state index contributed by atoms with van der Waals surface area (Å²) in [6.07, 6.45) is 2.42. The minimum atomic E-state index is -0.586. The van der Waals surface area contributed by atoms with E-state index in [0.29, 0.717) is 0 Å². The van der Waals surface area contributed by atoms with Crippen LogP contribution in [-0.2, 0) is 11.3 Å². The molecule has 1 aromatic heterocycles. The number of aliphatic hydroxyl groups excluding tert-OH is 1. The molecule has 6 heteroatoms. The standard InChI is InChI=1S/C6H8N3O3/c1-12-6(11)5-8-7-4-9(5)2-3-10/h10H,2-3H2,1H3. The van der Waals surface area contributed by atoms with Crippen LogP contribution < -0.4 is 0 Å². The van der Waals surface area contributed by atoms with Gasteiger partial charge in [-0.05, 0) is 0 Å². The topological polar surface area (TPSA) is 77.2 Å². The summed E-state index contributed by atoms with van der Waals surface area (Å²) in [7, 11) is 1.25. The number of esters is 1. The molecule has 1 N–H and O–H groups in total. The van der Waals surface area contributed by atoms with Crippen molar-refractivity contribution in [3.63, 3.8) is 0 Å². The van der Waals surface area contributed by atoms with Gasteiger partial charge >= 0.3 is 5.97 Å². The minimum Gasteiger partial charge on any atom is -0.463 e. The lowest BCUT2D eigenvalue weighted by atomic mass is 10.5. The summed E-state index contributed by atoms with van der Waals surface area (Å²) in [5.41, 5.74) is 0. The van der Waals surface area contributed by atoms with Crippen LogP contribution in [0.2, 0.25) is 0 Å². The van der Waals surface area contributed by atoms with Gasteiger partial charge in [0.1, 0.15) is 0 Å². The molecule has 0 saturated heterocycles. The molecule has 0 atom stereocenters. The fourth-order valence-electron chi connectivity index (χ4n) is 0.723. The van der Waals surface area contributed by atoms with Crippen LogP contribution >= 0.6 is 0 Å². The van der Waals surface area contributed by atoms with Crippen molar-refractivity contribution in [1.29, 1.82) is 0 Å². The number of aliphatic hydroxyl groups is 1. The molecule has 65 valence electrons. The molecule has 1 rings (SSSR count). The number of carbonyl (C=O) groups is 1. The van der Waals surface area contributed by atoms with Crippen molar-refractivity contribution in [3.05, 3.63) is 12.2 Å². The maximum absolute atomic E-state index is 10.9. The predicted octanol–water partition coefficient (Wildman–Crippen LogP) is -1.14. The molecule has 0 aliphatic rings. The van der Waals surface area contributed by atoms with Gasteiger partial charge in [0.25, 0.3) is 0 Å². The Bertz CT molecular complexity index is 271. The minimum absolute atomic E-state index is 0.0477. The first-order valence-corrected chi connectivity index (χ1v) is 3.29. The lowest BCUT2D eigenvalue weighted by Gasteiger charge is -2.00. The lowest BCUT2D eigenvalue weighted by molar-refractivity contribution is 0.0579. The highest BCUT2D eigenvalue weighted by Crippen LogP contribution is 1.95. The van der Waals surface area contributed by atoms with Gasteiger partial charge in [-0.25, -0.2) is 4.79 Å². The molecule has 0 amide bonds. The van der Waals surface area contributed by atoms with Gasteiger partial charge in [0.05, 0.1) is 13.7 Å². The molecule has 0 aliphatic carbocycles. The fourth-order valence-corrected chi connectivity index (χ4v) is 0.723. The largest absolute Gasteiger partial charge is 0.463 e. The van der Waals surface area contributed by atoms with Crippen molar-refractivity contribution < 1.29 is 14.6 Å². The van der Waals surface area contributed by atoms with Crippen molar-refractivity contribution in [1.82, 2.24) is 14.8 Å². The molecular weight excluding hydrogens is 162 g/mol. The Labute approximate surface area is 68.8 Å². The number of ether oxygens (including phenoxy) is 1. The van der Waals surface area contributed by atoms with Crippen LogP contribution in [0.4, 0.5) is 0 Å². The number of carbonyl (C=O) groups excluding carboxylic acids is 1. The Morgan fingerprint density at radius 2 is 2.58 bits per heavy atom. The van der Waals surface area contributed by atoms with Gasteiger partial charge in [-0.1, -0.05) is 0 Å². The number of rotatable bonds is 3. The first-order valence-electron chi connectivity index (χ1n) is 3.29. The smallest absolute Gasteiger partial charge is 0.376 e. The third kappa shape index (κ3) is 1.59. The molecule has 1 aromatic rings. The average Bonchev–Trinajstić information content (AvgIpc) is 2.52. The Morgan fingerprint density at radius 1 is 1.83 bits per heavy atom. The summed E-state index contributed by atoms with van der Waals surface area (Å²) in [5.74, 6) is -0.538. The van der Waals surface area contributed by atoms with E-state index in [4.69, 9.17) is 5.11 Å². The van der Waals surface area contributed by atoms with Gasteiger partial charge in [0, 0.05) is 6.54 Å². The van der Waals surface area contributed by atoms with Gasteiger partial charge in [0.2, 0.25) is 12.2 Å². The van der Waals surface area contributed by atoms with Crippen LogP contribution in [0.1, 0.15) is 10.6 Å². The Hall–Kier alpha value is -1.43. The average molecular weight is 170 g/mol. The van der Waals surface area contributed by atoms with E-state index in [1.165, 1.54) is 11.7 Å². The van der Waals surface area contributed by atoms with E-state index < -0.39 is 5.97 Å². The maximum Gasteiger partial charge on any atom is 0.376 e. The van der Waals surface area contributed by atoms with Gasteiger partial charge in [-0.2, -0.15) is 0 Å². The summed E-state index contributed by atoms with van der Waals surface area (Å²) in [6, 6.07) is 0. The number of hydrogen-bond donors (Lipinski definition) is 1. The zero-order chi connectivity index (χ0) is 8.97. The molecule has 0 aliphatic heterocycles. The molecule has 6 nitrogen and oxygen atoms in total. The molecule has 0 saturated carbocycles. The highest BCUT2D eigenvalue weighted by atomic mass is 16.5. The molecule has 1 radical (unpaired) electrons. The van der Waals surface area contributed by atoms with Crippen molar-refractivity contribution in [3.8, 4) is 0 Å². The van der Waals surface area contributed by atoms with Crippen LogP contribution in [0, 0.1) is 6.33 Å². The second-order valence-electron chi connectivity index (χ2n) is 1.99. The van der Waals surface area contributed by atoms with E-state index in [1.807, 2.05) is 0 Å². The SMILES string of the molecule is COC(=O)c1nn[c]n1CCO. The molecule has 0 spiro atoms. The van der Waals surface area contributed by atoms with E-state index in [2.05, 4.69) is 21.3 Å². The number of methoxy groups -OCH3 is 1. The van der Waals surface area contributed by atoms with Gasteiger partial charge in [0.15, 0.2) is 0 Å². The van der Waals surface area contributed by atoms with Crippen LogP contribution in [0.25, 0.3) is 0 Å². The maximum atomic E-state index is 10.9. The summed E-state index contributed by atoms with van der Waals surface area (Å²) in [4.78, 5) is 10.9. The zero-order valence-corrected chi connectivity index (χ0v) is 6.52. The van der Waals surface area contributed by atoms with Crippen LogP contribution in [-0.4, -0.2) is 39.6 Å². The normalized spacial score (nSPS) is 9.83. The predicted molar refractivity (Wildman–Crippen MR) is 37.3 cm³/mol. The molecule has 1 heterocycles. The molecular formula is C6H8N3O3. The summed E-state index contributed by atoms with van der Waals surface area (Å²) in [5, 5.41) is 15.4. The summed E-state index contributed by atoms with van der Waals surface area (Å²) in [6.45, 7) is 0.135. The summed E-state index contributed by atoms with van der Waals surface area (Å²) < 4.78 is 5.72.